The van der Waals surface area contributed by atoms with Gasteiger partial charge in [0, 0.05) is 78.0 Å². The maximum absolute atomic E-state index is 14.1. The van der Waals surface area contributed by atoms with Gasteiger partial charge < -0.3 is 49.1 Å². The van der Waals surface area contributed by atoms with E-state index in [0.29, 0.717) is 76.7 Å². The number of cyclic esters (lactones) is 1. The number of carbonyl (C=O) groups excluding carboxylic acids is 4. The Balaban J connectivity index is 0.798. The molecule has 3 N–H and O–H groups in total. The second-order valence-electron chi connectivity index (χ2n) is 20.6. The first-order valence-electron chi connectivity index (χ1n) is 26.4. The number of carbonyl (C=O) groups is 4. The lowest BCUT2D eigenvalue weighted by Gasteiger charge is -2.31. The third-order valence-electron chi connectivity index (χ3n) is 14.4. The molecule has 79 heavy (non-hydrogen) atoms. The highest BCUT2D eigenvalue weighted by atomic mass is 32.2. The van der Waals surface area contributed by atoms with Gasteiger partial charge in [0.05, 0.1) is 35.2 Å². The van der Waals surface area contributed by atoms with Gasteiger partial charge in [-0.15, -0.1) is 5.10 Å². The molecule has 418 valence electrons. The summed E-state index contributed by atoms with van der Waals surface area (Å²) in [7, 11) is 0.440. The van der Waals surface area contributed by atoms with Gasteiger partial charge in [-0.05, 0) is 115 Å². The Morgan fingerprint density at radius 2 is 1.68 bits per heavy atom. The van der Waals surface area contributed by atoms with Crippen LogP contribution in [0.2, 0.25) is 0 Å². The van der Waals surface area contributed by atoms with Crippen molar-refractivity contribution in [1.29, 1.82) is 0 Å². The molecule has 0 bridgehead atoms. The predicted molar refractivity (Wildman–Crippen MR) is 288 cm³/mol. The first-order valence-corrected chi connectivity index (χ1v) is 28.3. The van der Waals surface area contributed by atoms with Crippen LogP contribution in [0.4, 0.5) is 10.5 Å². The minimum absolute atomic E-state index is 0.0108. The number of nitrogens with one attached hydrogen (secondary N) is 2. The number of hydrogen-bond acceptors (Lipinski definition) is 18. The fourth-order valence-electron chi connectivity index (χ4n) is 10.00. The third kappa shape index (κ3) is 12.4. The minimum atomic E-state index is -3.53. The van der Waals surface area contributed by atoms with Gasteiger partial charge in [-0.2, -0.15) is 0 Å². The SMILES string of the molecule is CC[C@@]1(O)C(=O)OCc2c1cc1n(c2=O)Cc2c-1nc1cc3c(cc1c2CCN(C(=O)OCc1ccc(NC(=O)[C@H](CCCCN(C)C)NC(=O)CCCCCn2cc(-c4cnc(S(C)(=O)=O)nc4)nn2)cc1)C(C)C)OCO3. The molecule has 9 rings (SSSR count). The average molecular weight is 1100 g/mol. The van der Waals surface area contributed by atoms with Crippen LogP contribution in [0.3, 0.4) is 0 Å². The Morgan fingerprint density at radius 3 is 2.39 bits per heavy atom. The summed E-state index contributed by atoms with van der Waals surface area (Å²) in [5, 5.41) is 26.1. The number of anilines is 1. The van der Waals surface area contributed by atoms with E-state index in [-0.39, 0.29) is 85.6 Å². The monoisotopic (exact) mass is 1100 g/mol. The molecule has 0 aliphatic carbocycles. The topological polar surface area (TPSA) is 281 Å². The number of nitrogens with zero attached hydrogens (tertiary/aromatic N) is 9. The second-order valence-corrected chi connectivity index (χ2v) is 22.6. The number of pyridine rings is 2. The first kappa shape index (κ1) is 55.9. The summed E-state index contributed by atoms with van der Waals surface area (Å²) >= 11 is 0. The van der Waals surface area contributed by atoms with E-state index in [2.05, 4.69) is 35.8 Å². The van der Waals surface area contributed by atoms with Crippen LogP contribution < -0.4 is 25.7 Å². The molecule has 0 saturated heterocycles. The predicted octanol–water partition coefficient (Wildman–Crippen LogP) is 5.27. The van der Waals surface area contributed by atoms with Crippen LogP contribution in [0.15, 0.2) is 71.0 Å². The van der Waals surface area contributed by atoms with E-state index in [4.69, 9.17) is 23.9 Å². The number of esters is 1. The Labute approximate surface area is 456 Å². The molecule has 2 atom stereocenters. The summed E-state index contributed by atoms with van der Waals surface area (Å²) in [5.41, 5.74) is 3.47. The van der Waals surface area contributed by atoms with Gasteiger partial charge in [-0.3, -0.25) is 19.1 Å². The van der Waals surface area contributed by atoms with Crippen LogP contribution in [0.25, 0.3) is 33.5 Å². The van der Waals surface area contributed by atoms with Gasteiger partial charge in [0.1, 0.15) is 24.9 Å². The van der Waals surface area contributed by atoms with Crippen molar-refractivity contribution >= 4 is 50.3 Å². The normalized spacial score (nSPS) is 15.6. The van der Waals surface area contributed by atoms with E-state index >= 15 is 0 Å². The highest BCUT2D eigenvalue weighted by Crippen LogP contribution is 2.43. The number of aromatic nitrogens is 7. The molecule has 3 aliphatic heterocycles. The van der Waals surface area contributed by atoms with E-state index < -0.39 is 33.5 Å². The van der Waals surface area contributed by atoms with Gasteiger partial charge in [0.25, 0.3) is 5.56 Å². The lowest BCUT2D eigenvalue weighted by molar-refractivity contribution is -0.172. The van der Waals surface area contributed by atoms with E-state index in [0.717, 1.165) is 55.0 Å². The van der Waals surface area contributed by atoms with E-state index in [9.17, 15) is 37.5 Å². The summed E-state index contributed by atoms with van der Waals surface area (Å²) in [4.78, 5) is 84.3. The number of fused-ring (bicyclic) bond motifs is 6. The molecule has 4 aromatic heterocycles. The Bertz CT molecular complexity index is 3460. The quantitative estimate of drug-likeness (QED) is 0.0418. The molecule has 0 spiro atoms. The molecule has 2 aromatic carbocycles. The van der Waals surface area contributed by atoms with Crippen LogP contribution >= 0.6 is 0 Å². The minimum Gasteiger partial charge on any atom is -0.458 e. The molecule has 23 nitrogen and oxygen atoms in total. The zero-order valence-electron chi connectivity index (χ0n) is 45.1. The van der Waals surface area contributed by atoms with E-state index in [1.165, 1.54) is 12.4 Å². The Kier molecular flexibility index (Phi) is 16.7. The number of rotatable bonds is 23. The standard InChI is InChI=1S/C55H65N11O12S/c1-7-55(72)41-24-45-49-39(28-66(45)51(69)40(41)31-75-52(55)70)37(38-23-46-47(78-32-77-46)25-43(38)60-49)19-22-65(33(2)3)54(71)76-30-34-15-17-36(18-16-34)58-50(68)42(13-10-12-20-63(4)5)59-48(67)14-9-8-11-21-64-29-44(61-62-64)35-26-56-53(57-27-35)79(6,73)74/h15-18,23-27,29,33,42,72H,7-14,19-22,28,30-32H2,1-6H3,(H,58,68)(H,59,67)/t42-,55-/m0/s1. The molecular weight excluding hydrogens is 1040 g/mol. The molecule has 24 heteroatoms. The summed E-state index contributed by atoms with van der Waals surface area (Å²) < 4.78 is 49.3. The third-order valence-corrected chi connectivity index (χ3v) is 15.3. The van der Waals surface area contributed by atoms with Crippen LogP contribution in [-0.2, 0) is 72.0 Å². The van der Waals surface area contributed by atoms with E-state index in [1.54, 1.807) is 63.7 Å². The molecule has 0 saturated carbocycles. The number of amides is 3. The zero-order chi connectivity index (χ0) is 56.2. The van der Waals surface area contributed by atoms with Crippen LogP contribution in [0, 0.1) is 0 Å². The fraction of sp³-hybridized carbons (Fsp3) is 0.455. The van der Waals surface area contributed by atoms with E-state index in [1.807, 2.05) is 34.0 Å². The number of benzene rings is 2. The molecule has 0 radical (unpaired) electrons. The maximum Gasteiger partial charge on any atom is 0.410 e. The summed E-state index contributed by atoms with van der Waals surface area (Å²) in [6.45, 7) is 7.00. The number of aliphatic hydroxyl groups is 1. The largest absolute Gasteiger partial charge is 0.458 e. The number of ether oxygens (including phenoxy) is 4. The zero-order valence-corrected chi connectivity index (χ0v) is 45.9. The van der Waals surface area contributed by atoms with Gasteiger partial charge in [0.15, 0.2) is 17.1 Å². The van der Waals surface area contributed by atoms with Crippen molar-refractivity contribution in [3.63, 3.8) is 0 Å². The van der Waals surface area contributed by atoms with Gasteiger partial charge in [-0.25, -0.2) is 33.0 Å². The highest BCUT2D eigenvalue weighted by Gasteiger charge is 2.45. The van der Waals surface area contributed by atoms with Crippen molar-refractivity contribution in [2.75, 3.05) is 45.6 Å². The van der Waals surface area contributed by atoms with Crippen LogP contribution in [0.5, 0.6) is 11.5 Å². The Morgan fingerprint density at radius 1 is 0.937 bits per heavy atom. The number of aryl methyl sites for hydroxylation is 1. The lowest BCUT2D eigenvalue weighted by atomic mass is 9.86. The van der Waals surface area contributed by atoms with Crippen molar-refractivity contribution < 1.29 is 51.6 Å². The fourth-order valence-corrected chi connectivity index (χ4v) is 10.5. The van der Waals surface area contributed by atoms with Crippen molar-refractivity contribution in [3.8, 4) is 34.1 Å². The Hall–Kier alpha value is -7.83. The molecular formula is C55H65N11O12S. The molecule has 0 fully saturated rings. The first-order chi connectivity index (χ1) is 37.8. The highest BCUT2D eigenvalue weighted by molar-refractivity contribution is 7.90. The smallest absolute Gasteiger partial charge is 0.410 e. The number of sulfone groups is 1. The summed E-state index contributed by atoms with van der Waals surface area (Å²) in [6, 6.07) is 11.3. The van der Waals surface area contributed by atoms with Crippen molar-refractivity contribution in [2.24, 2.45) is 0 Å². The van der Waals surface area contributed by atoms with Gasteiger partial charge in [-0.1, -0.05) is 30.7 Å². The summed E-state index contributed by atoms with van der Waals surface area (Å²) in [5.74, 6) is -0.310. The van der Waals surface area contributed by atoms with Crippen molar-refractivity contribution in [3.05, 3.63) is 99.2 Å². The molecule has 7 heterocycles. The van der Waals surface area contributed by atoms with Crippen molar-refractivity contribution in [2.45, 2.75) is 128 Å². The van der Waals surface area contributed by atoms with Crippen LogP contribution in [-0.4, -0.2) is 134 Å². The molecule has 3 aliphatic rings. The molecule has 0 unspecified atom stereocenters. The van der Waals surface area contributed by atoms with Gasteiger partial charge in [0.2, 0.25) is 33.6 Å². The summed E-state index contributed by atoms with van der Waals surface area (Å²) in [6.07, 6.45) is 9.65. The van der Waals surface area contributed by atoms with Crippen LogP contribution in [0.1, 0.15) is 100.0 Å². The molecule has 3 amide bonds. The molecule has 6 aromatic rings. The lowest BCUT2D eigenvalue weighted by Crippen LogP contribution is -2.44. The number of unbranched alkanes of at least 4 members (excludes halogenated alkanes) is 3. The number of hydrogen-bond donors (Lipinski definition) is 3. The maximum atomic E-state index is 14.1. The average Bonchev–Trinajstić information content (AvgIpc) is 3.86. The van der Waals surface area contributed by atoms with Gasteiger partial charge >= 0.3 is 12.1 Å². The second kappa shape index (κ2) is 23.6. The van der Waals surface area contributed by atoms with Crippen molar-refractivity contribution in [1.82, 2.24) is 49.6 Å².